The van der Waals surface area contributed by atoms with Gasteiger partial charge in [0.25, 0.3) is 0 Å². The van der Waals surface area contributed by atoms with Gasteiger partial charge in [-0.2, -0.15) is 0 Å². The van der Waals surface area contributed by atoms with Crippen molar-refractivity contribution in [1.29, 1.82) is 0 Å². The van der Waals surface area contributed by atoms with Crippen LogP contribution in [0.4, 0.5) is 0 Å². The Balaban J connectivity index is -0.0000000126. The first-order valence-corrected chi connectivity index (χ1v) is 3.32. The van der Waals surface area contributed by atoms with Gasteiger partial charge in [-0.05, 0) is 13.3 Å². The van der Waals surface area contributed by atoms with Gasteiger partial charge in [0.1, 0.15) is 6.79 Å². The Morgan fingerprint density at radius 1 is 1.06 bits per heavy atom. The van der Waals surface area contributed by atoms with Crippen molar-refractivity contribution >= 4 is 6.79 Å². The van der Waals surface area contributed by atoms with E-state index in [0.717, 1.165) is 6.42 Å². The molecule has 0 aliphatic rings. The predicted molar refractivity (Wildman–Crippen MR) is 80.3 cm³/mol. The number of hydrogen-bond acceptors (Lipinski definition) is 3. The molecule has 1 atom stereocenters. The second-order valence-corrected chi connectivity index (χ2v) is 1.81. The molecule has 0 radical (unpaired) electrons. The molecule has 1 unspecified atom stereocenters. The molecule has 3 heteroatoms. The van der Waals surface area contributed by atoms with Gasteiger partial charge in [-0.3, -0.25) is 0 Å². The van der Waals surface area contributed by atoms with Crippen molar-refractivity contribution in [3.05, 3.63) is 0 Å². The van der Waals surface area contributed by atoms with Crippen molar-refractivity contribution in [2.24, 2.45) is 0 Å². The molecule has 0 aromatic carbocycles. The summed E-state index contributed by atoms with van der Waals surface area (Å²) in [6, 6.07) is 0. The van der Waals surface area contributed by atoms with E-state index in [1.54, 1.807) is 0 Å². The normalized spacial score (nSPS) is 7.19. The first-order chi connectivity index (χ1) is 4.81. The maximum Gasteiger partial charge on any atom is 0.106 e. The summed E-state index contributed by atoms with van der Waals surface area (Å²) in [6.07, 6.45) is 1.31. The zero-order valence-corrected chi connectivity index (χ0v) is 6.67. The summed E-state index contributed by atoms with van der Waals surface area (Å²) >= 11 is 0. The Morgan fingerprint density at radius 2 is 1.38 bits per heavy atom. The lowest BCUT2D eigenvalue weighted by molar-refractivity contribution is -0.0979. The predicted octanol–water partition coefficient (Wildman–Crippen LogP) is 4.43. The molecule has 0 bridgehead atoms. The summed E-state index contributed by atoms with van der Waals surface area (Å²) in [6.45, 7) is 6.65. The Hall–Kier alpha value is -0.410. The van der Waals surface area contributed by atoms with E-state index in [1.165, 1.54) is 0 Å². The number of ether oxygens (including phenoxy) is 1. The fraction of sp³-hybridized carbons (Fsp3) is 0.923. The second kappa shape index (κ2) is 62.0. The van der Waals surface area contributed by atoms with Gasteiger partial charge in [0.15, 0.2) is 0 Å². The van der Waals surface area contributed by atoms with Crippen LogP contribution in [0.2, 0.25) is 0 Å². The molecular weight excluding hydrogens is 204 g/mol. The Bertz CT molecular complexity index is 59.1. The van der Waals surface area contributed by atoms with Crippen LogP contribution in [0.15, 0.2) is 0 Å². The number of hydrogen-bond donors (Lipinski definition) is 1. The van der Waals surface area contributed by atoms with Gasteiger partial charge < -0.3 is 14.6 Å². The zero-order valence-electron chi connectivity index (χ0n) is 6.67. The van der Waals surface area contributed by atoms with Crippen LogP contribution in [-0.2, 0) is 9.53 Å². The van der Waals surface area contributed by atoms with Crippen LogP contribution < -0.4 is 0 Å². The first-order valence-electron chi connectivity index (χ1n) is 3.32. The highest BCUT2D eigenvalue weighted by Gasteiger charge is 1.94. The minimum Gasteiger partial charge on any atom is -0.394 e. The molecule has 0 heterocycles. The number of aliphatic hydroxyl groups excluding tert-OH is 1. The zero-order chi connectivity index (χ0) is 8.41. The quantitative estimate of drug-likeness (QED) is 0.796. The van der Waals surface area contributed by atoms with E-state index >= 15 is 0 Å². The van der Waals surface area contributed by atoms with Crippen LogP contribution in [0.5, 0.6) is 0 Å². The third-order valence-corrected chi connectivity index (χ3v) is 1.07. The smallest absolute Gasteiger partial charge is 0.106 e. The van der Waals surface area contributed by atoms with E-state index in [9.17, 15) is 0 Å². The largest absolute Gasteiger partial charge is 0.394 e. The highest BCUT2D eigenvalue weighted by atomic mass is 16.5. The van der Waals surface area contributed by atoms with Gasteiger partial charge in [0.05, 0.1) is 19.3 Å². The lowest BCUT2D eigenvalue weighted by Crippen LogP contribution is -2.09. The van der Waals surface area contributed by atoms with Crippen molar-refractivity contribution in [3.8, 4) is 0 Å². The van der Waals surface area contributed by atoms with Crippen molar-refractivity contribution in [2.45, 2.75) is 70.9 Å². The van der Waals surface area contributed by atoms with E-state index in [0.29, 0.717) is 12.7 Å². The van der Waals surface area contributed by atoms with E-state index in [1.807, 2.05) is 13.7 Å². The third-order valence-electron chi connectivity index (χ3n) is 1.07. The van der Waals surface area contributed by atoms with Crippen LogP contribution in [0, 0.1) is 0 Å². The third kappa shape index (κ3) is 68.9. The molecule has 0 amide bonds. The molecule has 0 aromatic rings. The lowest BCUT2D eigenvalue weighted by Gasteiger charge is -2.07. The molecule has 0 saturated carbocycles. The highest BCUT2D eigenvalue weighted by Crippen LogP contribution is 1.93. The van der Waals surface area contributed by atoms with E-state index in [-0.39, 0.29) is 51.2 Å². The van der Waals surface area contributed by atoms with Crippen LogP contribution in [-0.4, -0.2) is 31.2 Å². The monoisotopic (exact) mass is 244 g/mol. The minimum atomic E-state index is 0. The van der Waals surface area contributed by atoms with E-state index < -0.39 is 0 Å². The van der Waals surface area contributed by atoms with Gasteiger partial charge in [0.2, 0.25) is 0 Å². The molecule has 0 rings (SSSR count). The second-order valence-electron chi connectivity index (χ2n) is 1.81. The van der Waals surface area contributed by atoms with Gasteiger partial charge in [0, 0.05) is 0 Å². The summed E-state index contributed by atoms with van der Waals surface area (Å²) in [5.74, 6) is 0. The standard InChI is InChI=1S/C6H14O2.CH2O.6CH4/c1-3-6(2)8-5-4-7;1-2;;;;;;/h6-7H,3-5H2,1-2H3;1H2;6*1H4. The summed E-state index contributed by atoms with van der Waals surface area (Å²) in [7, 11) is 0. The van der Waals surface area contributed by atoms with Gasteiger partial charge in [-0.25, -0.2) is 0 Å². The molecule has 0 saturated heterocycles. The van der Waals surface area contributed by atoms with Crippen molar-refractivity contribution < 1.29 is 14.6 Å². The summed E-state index contributed by atoms with van der Waals surface area (Å²) < 4.78 is 5.09. The highest BCUT2D eigenvalue weighted by molar-refractivity contribution is 5.10. The minimum absolute atomic E-state index is 0. The topological polar surface area (TPSA) is 46.5 Å². The Kier molecular flexibility index (Phi) is 223. The summed E-state index contributed by atoms with van der Waals surface area (Å²) in [5, 5.41) is 8.29. The summed E-state index contributed by atoms with van der Waals surface area (Å²) in [4.78, 5) is 8.00. The fourth-order valence-electron chi connectivity index (χ4n) is 0.372. The van der Waals surface area contributed by atoms with Crippen LogP contribution in [0.25, 0.3) is 0 Å². The van der Waals surface area contributed by atoms with Crippen LogP contribution in [0.1, 0.15) is 64.8 Å². The first kappa shape index (κ1) is 57.6. The number of rotatable bonds is 4. The summed E-state index contributed by atoms with van der Waals surface area (Å²) in [5.41, 5.74) is 0. The van der Waals surface area contributed by atoms with Crippen LogP contribution in [0.3, 0.4) is 0 Å². The van der Waals surface area contributed by atoms with Gasteiger partial charge >= 0.3 is 0 Å². The number of carbonyl (C=O) groups is 1. The van der Waals surface area contributed by atoms with E-state index in [2.05, 4.69) is 6.92 Å². The molecule has 0 spiro atoms. The molecule has 0 aromatic heterocycles. The van der Waals surface area contributed by atoms with Crippen molar-refractivity contribution in [3.63, 3.8) is 0 Å². The lowest BCUT2D eigenvalue weighted by atomic mass is 10.3. The molecule has 0 aliphatic carbocycles. The molecule has 1 N–H and O–H groups in total. The number of aliphatic hydroxyl groups is 1. The van der Waals surface area contributed by atoms with Crippen LogP contribution >= 0.6 is 0 Å². The van der Waals surface area contributed by atoms with E-state index in [4.69, 9.17) is 14.6 Å². The fourth-order valence-corrected chi connectivity index (χ4v) is 0.372. The molecule has 0 aliphatic heterocycles. The molecule has 0 fully saturated rings. The van der Waals surface area contributed by atoms with Gasteiger partial charge in [-0.1, -0.05) is 51.5 Å². The van der Waals surface area contributed by atoms with Crippen molar-refractivity contribution in [1.82, 2.24) is 0 Å². The molecular formula is C13H40O3. The molecule has 3 nitrogen and oxygen atoms in total. The maximum absolute atomic E-state index is 8.29. The average Bonchev–Trinajstić information content (AvgIpc) is 2.04. The van der Waals surface area contributed by atoms with Gasteiger partial charge in [-0.15, -0.1) is 0 Å². The number of carbonyl (C=O) groups excluding carboxylic acids is 1. The SMILES string of the molecule is C.C.C.C.C.C.C=O.CCC(C)OCCO. The Labute approximate surface area is 106 Å². The molecule has 16 heavy (non-hydrogen) atoms. The maximum atomic E-state index is 8.29. The Morgan fingerprint density at radius 3 is 1.56 bits per heavy atom. The molecule has 110 valence electrons. The average molecular weight is 244 g/mol. The van der Waals surface area contributed by atoms with Crippen molar-refractivity contribution in [2.75, 3.05) is 13.2 Å².